The highest BCUT2D eigenvalue weighted by molar-refractivity contribution is 5.64. The molecule has 0 fully saturated rings. The molecule has 1 aromatic carbocycles. The van der Waals surface area contributed by atoms with Crippen LogP contribution in [0.3, 0.4) is 0 Å². The van der Waals surface area contributed by atoms with Crippen molar-refractivity contribution in [3.05, 3.63) is 53.2 Å². The molecule has 19 heavy (non-hydrogen) atoms. The summed E-state index contributed by atoms with van der Waals surface area (Å²) in [5.41, 5.74) is 6.58. The van der Waals surface area contributed by atoms with Gasteiger partial charge in [0.2, 0.25) is 0 Å². The van der Waals surface area contributed by atoms with Gasteiger partial charge in [0.15, 0.2) is 0 Å². The van der Waals surface area contributed by atoms with Crippen LogP contribution in [0.2, 0.25) is 0 Å². The normalized spacial score (nSPS) is 11.6. The van der Waals surface area contributed by atoms with Crippen LogP contribution in [0.4, 0.5) is 0 Å². The molecule has 0 atom stereocenters. The van der Waals surface area contributed by atoms with E-state index in [1.165, 1.54) is 22.3 Å². The van der Waals surface area contributed by atoms with Gasteiger partial charge in [-0.25, -0.2) is 0 Å². The van der Waals surface area contributed by atoms with Gasteiger partial charge in [-0.2, -0.15) is 0 Å². The molecule has 0 N–H and O–H groups in total. The average Bonchev–Trinajstić information content (AvgIpc) is 2.26. The molecule has 0 saturated carbocycles. The van der Waals surface area contributed by atoms with E-state index in [9.17, 15) is 0 Å². The molecule has 0 bridgehead atoms. The third kappa shape index (κ3) is 3.66. The lowest BCUT2D eigenvalue weighted by Gasteiger charge is -2.18. The second-order valence-corrected chi connectivity index (χ2v) is 6.61. The van der Waals surface area contributed by atoms with Gasteiger partial charge in [-0.15, -0.1) is 0 Å². The van der Waals surface area contributed by atoms with Crippen molar-refractivity contribution in [2.75, 3.05) is 0 Å². The van der Waals surface area contributed by atoms with Crippen molar-refractivity contribution in [3.63, 3.8) is 0 Å². The molecule has 0 spiro atoms. The molecule has 0 aliphatic carbocycles. The van der Waals surface area contributed by atoms with E-state index in [0.717, 1.165) is 12.1 Å². The number of benzene rings is 1. The van der Waals surface area contributed by atoms with Crippen LogP contribution < -0.4 is 0 Å². The topological polar surface area (TPSA) is 12.9 Å². The first kappa shape index (κ1) is 13.8. The van der Waals surface area contributed by atoms with Gasteiger partial charge in [-0.05, 0) is 48.9 Å². The quantitative estimate of drug-likeness (QED) is 0.737. The largest absolute Gasteiger partial charge is 0.256 e. The maximum Gasteiger partial charge on any atom is 0.0707 e. The predicted octanol–water partition coefficient (Wildman–Crippen LogP) is 4.95. The number of rotatable bonds is 2. The zero-order valence-corrected chi connectivity index (χ0v) is 12.6. The first-order valence-electron chi connectivity index (χ1n) is 6.88. The summed E-state index contributed by atoms with van der Waals surface area (Å²) in [6.07, 6.45) is 3.00. The Morgan fingerprint density at radius 2 is 1.74 bits per heavy atom. The summed E-state index contributed by atoms with van der Waals surface area (Å²) in [6.45, 7) is 11.1. The lowest BCUT2D eigenvalue weighted by molar-refractivity contribution is 0.411. The Kier molecular flexibility index (Phi) is 3.75. The van der Waals surface area contributed by atoms with E-state index in [1.54, 1.807) is 0 Å². The summed E-state index contributed by atoms with van der Waals surface area (Å²) in [5, 5.41) is 0. The van der Waals surface area contributed by atoms with Gasteiger partial charge in [0.1, 0.15) is 0 Å². The van der Waals surface area contributed by atoms with Crippen LogP contribution in [0.15, 0.2) is 36.5 Å². The number of aromatic nitrogens is 1. The van der Waals surface area contributed by atoms with Crippen molar-refractivity contribution >= 4 is 0 Å². The van der Waals surface area contributed by atoms with Gasteiger partial charge in [-0.3, -0.25) is 4.98 Å². The minimum atomic E-state index is 0.306. The SMILES string of the molecule is Cc1ccc(-c2cc(CC(C)(C)C)ccn2)c(C)c1. The highest BCUT2D eigenvalue weighted by atomic mass is 14.7. The van der Waals surface area contributed by atoms with Gasteiger partial charge in [0.25, 0.3) is 0 Å². The Morgan fingerprint density at radius 1 is 1.00 bits per heavy atom. The van der Waals surface area contributed by atoms with E-state index in [-0.39, 0.29) is 0 Å². The van der Waals surface area contributed by atoms with E-state index in [1.807, 2.05) is 6.20 Å². The fourth-order valence-electron chi connectivity index (χ4n) is 2.44. The zero-order chi connectivity index (χ0) is 14.0. The molecule has 1 aromatic heterocycles. The summed E-state index contributed by atoms with van der Waals surface area (Å²) in [5.74, 6) is 0. The van der Waals surface area contributed by atoms with Crippen molar-refractivity contribution in [1.29, 1.82) is 0 Å². The predicted molar refractivity (Wildman–Crippen MR) is 82.3 cm³/mol. The Labute approximate surface area is 116 Å². The van der Waals surface area contributed by atoms with Crippen LogP contribution in [0.5, 0.6) is 0 Å². The van der Waals surface area contributed by atoms with Gasteiger partial charge in [0, 0.05) is 11.8 Å². The minimum Gasteiger partial charge on any atom is -0.256 e. The molecule has 1 heteroatoms. The summed E-state index contributed by atoms with van der Waals surface area (Å²) in [6, 6.07) is 10.9. The first-order valence-corrected chi connectivity index (χ1v) is 6.88. The highest BCUT2D eigenvalue weighted by Gasteiger charge is 2.12. The fourth-order valence-corrected chi connectivity index (χ4v) is 2.44. The number of pyridine rings is 1. The van der Waals surface area contributed by atoms with Gasteiger partial charge in [0.05, 0.1) is 5.69 Å². The van der Waals surface area contributed by atoms with Crippen LogP contribution in [-0.2, 0) is 6.42 Å². The van der Waals surface area contributed by atoms with Crippen LogP contribution in [0.1, 0.15) is 37.5 Å². The number of nitrogens with zero attached hydrogens (tertiary/aromatic N) is 1. The highest BCUT2D eigenvalue weighted by Crippen LogP contribution is 2.26. The molecule has 1 nitrogen and oxygen atoms in total. The van der Waals surface area contributed by atoms with Crippen LogP contribution in [0, 0.1) is 19.3 Å². The first-order chi connectivity index (χ1) is 8.85. The van der Waals surface area contributed by atoms with Gasteiger partial charge < -0.3 is 0 Å². The van der Waals surface area contributed by atoms with Gasteiger partial charge >= 0.3 is 0 Å². The molecule has 0 radical (unpaired) electrons. The molecule has 0 saturated heterocycles. The number of hydrogen-bond donors (Lipinski definition) is 0. The lowest BCUT2D eigenvalue weighted by atomic mass is 9.88. The second kappa shape index (κ2) is 5.16. The van der Waals surface area contributed by atoms with Crippen LogP contribution in [0.25, 0.3) is 11.3 Å². The van der Waals surface area contributed by atoms with Crippen molar-refractivity contribution in [1.82, 2.24) is 4.98 Å². The van der Waals surface area contributed by atoms with Gasteiger partial charge in [-0.1, -0.05) is 44.5 Å². The van der Waals surface area contributed by atoms with Crippen LogP contribution in [-0.4, -0.2) is 4.98 Å². The Bertz CT molecular complexity index is 576. The van der Waals surface area contributed by atoms with E-state index >= 15 is 0 Å². The van der Waals surface area contributed by atoms with E-state index < -0.39 is 0 Å². The summed E-state index contributed by atoms with van der Waals surface area (Å²) < 4.78 is 0. The summed E-state index contributed by atoms with van der Waals surface area (Å²) in [4.78, 5) is 4.53. The number of hydrogen-bond acceptors (Lipinski definition) is 1. The van der Waals surface area contributed by atoms with Crippen molar-refractivity contribution in [3.8, 4) is 11.3 Å². The maximum absolute atomic E-state index is 4.53. The summed E-state index contributed by atoms with van der Waals surface area (Å²) in [7, 11) is 0. The van der Waals surface area contributed by atoms with E-state index in [2.05, 4.69) is 69.9 Å². The third-order valence-electron chi connectivity index (χ3n) is 3.22. The standard InChI is InChI=1S/C18H23N/c1-13-6-7-16(14(2)10-13)17-11-15(8-9-19-17)12-18(3,4)5/h6-11H,12H2,1-5H3. The third-order valence-corrected chi connectivity index (χ3v) is 3.22. The molecule has 0 aliphatic rings. The Balaban J connectivity index is 2.38. The molecule has 2 rings (SSSR count). The van der Waals surface area contributed by atoms with Crippen LogP contribution >= 0.6 is 0 Å². The maximum atomic E-state index is 4.53. The minimum absolute atomic E-state index is 0.306. The lowest BCUT2D eigenvalue weighted by Crippen LogP contribution is -2.09. The second-order valence-electron chi connectivity index (χ2n) is 6.61. The van der Waals surface area contributed by atoms with E-state index in [0.29, 0.717) is 5.41 Å². The molecule has 0 aliphatic heterocycles. The zero-order valence-electron chi connectivity index (χ0n) is 12.6. The van der Waals surface area contributed by atoms with E-state index in [4.69, 9.17) is 0 Å². The van der Waals surface area contributed by atoms with Crippen molar-refractivity contribution < 1.29 is 0 Å². The Hall–Kier alpha value is -1.63. The molecular formula is C18H23N. The fraction of sp³-hybridized carbons (Fsp3) is 0.389. The van der Waals surface area contributed by atoms with Crippen molar-refractivity contribution in [2.45, 2.75) is 41.0 Å². The molecule has 1 heterocycles. The molecule has 0 unspecified atom stereocenters. The molecule has 100 valence electrons. The number of aryl methyl sites for hydroxylation is 2. The summed E-state index contributed by atoms with van der Waals surface area (Å²) >= 11 is 0. The monoisotopic (exact) mass is 253 g/mol. The molecule has 2 aromatic rings. The Morgan fingerprint density at radius 3 is 2.37 bits per heavy atom. The average molecular weight is 253 g/mol. The molecular weight excluding hydrogens is 230 g/mol. The van der Waals surface area contributed by atoms with Crippen molar-refractivity contribution in [2.24, 2.45) is 5.41 Å². The molecule has 0 amide bonds. The smallest absolute Gasteiger partial charge is 0.0707 e.